The lowest BCUT2D eigenvalue weighted by molar-refractivity contribution is -0.385. The van der Waals surface area contributed by atoms with Gasteiger partial charge >= 0.3 is 5.69 Å². The summed E-state index contributed by atoms with van der Waals surface area (Å²) in [6, 6.07) is 3.05. The van der Waals surface area contributed by atoms with E-state index >= 15 is 0 Å². The van der Waals surface area contributed by atoms with Gasteiger partial charge in [0.1, 0.15) is 6.33 Å². The topological polar surface area (TPSA) is 90.6 Å². The number of nitro groups is 1. The fourth-order valence-corrected chi connectivity index (χ4v) is 2.55. The molecule has 8 nitrogen and oxygen atoms in total. The van der Waals surface area contributed by atoms with Crippen molar-refractivity contribution in [3.8, 4) is 5.75 Å². The molecular formula is C15H18N4O4. The predicted molar refractivity (Wildman–Crippen MR) is 83.6 cm³/mol. The molecule has 0 atom stereocenters. The molecule has 0 bridgehead atoms. The summed E-state index contributed by atoms with van der Waals surface area (Å²) >= 11 is 0. The molecule has 0 aliphatic carbocycles. The van der Waals surface area contributed by atoms with Crippen molar-refractivity contribution in [1.29, 1.82) is 0 Å². The van der Waals surface area contributed by atoms with Crippen molar-refractivity contribution in [1.82, 2.24) is 14.9 Å². The van der Waals surface area contributed by atoms with Gasteiger partial charge in [-0.3, -0.25) is 15.0 Å². The van der Waals surface area contributed by atoms with Gasteiger partial charge in [-0.1, -0.05) is 0 Å². The number of aromatic nitrogens is 2. The van der Waals surface area contributed by atoms with Crippen LogP contribution in [-0.2, 0) is 4.74 Å². The van der Waals surface area contributed by atoms with Crippen LogP contribution in [0.5, 0.6) is 5.75 Å². The Bertz CT molecular complexity index is 688. The molecule has 0 unspecified atom stereocenters. The summed E-state index contributed by atoms with van der Waals surface area (Å²) in [7, 11) is 0. The van der Waals surface area contributed by atoms with E-state index in [0.29, 0.717) is 17.5 Å². The SMILES string of the molecule is O=[N+]([O-])c1cc2cncnc2cc1OCCCN1CCOCC1. The molecule has 3 rings (SSSR count). The first-order valence-corrected chi connectivity index (χ1v) is 7.55. The Balaban J connectivity index is 1.64. The van der Waals surface area contributed by atoms with Gasteiger partial charge in [0.2, 0.25) is 0 Å². The molecule has 1 aliphatic rings. The minimum atomic E-state index is -0.441. The summed E-state index contributed by atoms with van der Waals surface area (Å²) < 4.78 is 10.9. The first-order chi connectivity index (χ1) is 11.2. The number of ether oxygens (including phenoxy) is 2. The molecule has 0 radical (unpaired) electrons. The average molecular weight is 318 g/mol. The normalized spacial score (nSPS) is 15.7. The molecular weight excluding hydrogens is 300 g/mol. The summed E-state index contributed by atoms with van der Waals surface area (Å²) in [5, 5.41) is 11.8. The molecule has 122 valence electrons. The molecule has 1 aromatic carbocycles. The van der Waals surface area contributed by atoms with E-state index in [-0.39, 0.29) is 11.4 Å². The van der Waals surface area contributed by atoms with Gasteiger partial charge in [-0.2, -0.15) is 0 Å². The van der Waals surface area contributed by atoms with Crippen LogP contribution in [0.25, 0.3) is 10.9 Å². The molecule has 1 aliphatic heterocycles. The Morgan fingerprint density at radius 1 is 1.35 bits per heavy atom. The van der Waals surface area contributed by atoms with E-state index in [4.69, 9.17) is 9.47 Å². The van der Waals surface area contributed by atoms with E-state index in [1.807, 2.05) is 0 Å². The monoisotopic (exact) mass is 318 g/mol. The molecule has 0 N–H and O–H groups in total. The van der Waals surface area contributed by atoms with Crippen LogP contribution in [0.15, 0.2) is 24.7 Å². The van der Waals surface area contributed by atoms with Crippen LogP contribution < -0.4 is 4.74 Å². The zero-order valence-corrected chi connectivity index (χ0v) is 12.7. The minimum absolute atomic E-state index is 0.0568. The number of benzene rings is 1. The maximum absolute atomic E-state index is 11.2. The highest BCUT2D eigenvalue weighted by Crippen LogP contribution is 2.31. The number of hydrogen-bond donors (Lipinski definition) is 0. The standard InChI is InChI=1S/C15H18N4O4/c20-19(21)14-8-12-10-16-11-17-13(12)9-15(14)23-5-1-2-18-3-6-22-7-4-18/h8-11H,1-7H2. The van der Waals surface area contributed by atoms with Crippen molar-refractivity contribution in [2.45, 2.75) is 6.42 Å². The van der Waals surface area contributed by atoms with Gasteiger partial charge in [-0.25, -0.2) is 9.97 Å². The van der Waals surface area contributed by atoms with E-state index in [0.717, 1.165) is 39.3 Å². The first kappa shape index (κ1) is 15.6. The quantitative estimate of drug-likeness (QED) is 0.454. The van der Waals surface area contributed by atoms with Gasteiger partial charge in [-0.05, 0) is 6.42 Å². The van der Waals surface area contributed by atoms with Crippen molar-refractivity contribution in [2.24, 2.45) is 0 Å². The van der Waals surface area contributed by atoms with E-state index in [1.54, 1.807) is 12.3 Å². The Labute approximate surface area is 133 Å². The molecule has 1 aromatic heterocycles. The molecule has 2 aromatic rings. The van der Waals surface area contributed by atoms with E-state index in [9.17, 15) is 10.1 Å². The molecule has 23 heavy (non-hydrogen) atoms. The van der Waals surface area contributed by atoms with Crippen LogP contribution in [0.2, 0.25) is 0 Å². The van der Waals surface area contributed by atoms with Crippen molar-refractivity contribution in [2.75, 3.05) is 39.5 Å². The van der Waals surface area contributed by atoms with Crippen LogP contribution in [0.4, 0.5) is 5.69 Å². The largest absolute Gasteiger partial charge is 0.487 e. The highest BCUT2D eigenvalue weighted by atomic mass is 16.6. The third-order valence-corrected chi connectivity index (χ3v) is 3.76. The van der Waals surface area contributed by atoms with E-state index in [1.165, 1.54) is 12.4 Å². The lowest BCUT2D eigenvalue weighted by Crippen LogP contribution is -2.37. The molecule has 1 saturated heterocycles. The van der Waals surface area contributed by atoms with Crippen molar-refractivity contribution >= 4 is 16.6 Å². The Kier molecular flexibility index (Phi) is 4.94. The van der Waals surface area contributed by atoms with Crippen LogP contribution in [0.1, 0.15) is 6.42 Å². The van der Waals surface area contributed by atoms with Gasteiger partial charge in [0.05, 0.1) is 30.3 Å². The van der Waals surface area contributed by atoms with Crippen molar-refractivity contribution in [3.05, 3.63) is 34.8 Å². The van der Waals surface area contributed by atoms with Crippen LogP contribution in [0.3, 0.4) is 0 Å². The van der Waals surface area contributed by atoms with Crippen molar-refractivity contribution < 1.29 is 14.4 Å². The number of rotatable bonds is 6. The second-order valence-electron chi connectivity index (χ2n) is 5.31. The second kappa shape index (κ2) is 7.30. The summed E-state index contributed by atoms with van der Waals surface area (Å²) in [6.45, 7) is 4.69. The smallest absolute Gasteiger partial charge is 0.311 e. The predicted octanol–water partition coefficient (Wildman–Crippen LogP) is 1.64. The fraction of sp³-hybridized carbons (Fsp3) is 0.467. The lowest BCUT2D eigenvalue weighted by atomic mass is 10.2. The second-order valence-corrected chi connectivity index (χ2v) is 5.31. The van der Waals surface area contributed by atoms with E-state index < -0.39 is 4.92 Å². The maximum atomic E-state index is 11.2. The molecule has 8 heteroatoms. The highest BCUT2D eigenvalue weighted by molar-refractivity contribution is 5.82. The number of nitro benzene ring substituents is 1. The van der Waals surface area contributed by atoms with Crippen molar-refractivity contribution in [3.63, 3.8) is 0 Å². The minimum Gasteiger partial charge on any atom is -0.487 e. The van der Waals surface area contributed by atoms with Crippen LogP contribution in [-0.4, -0.2) is 59.2 Å². The molecule has 0 saturated carbocycles. The first-order valence-electron chi connectivity index (χ1n) is 7.55. The summed E-state index contributed by atoms with van der Waals surface area (Å²) in [5.74, 6) is 0.253. The molecule has 0 amide bonds. The highest BCUT2D eigenvalue weighted by Gasteiger charge is 2.17. The number of nitrogens with zero attached hydrogens (tertiary/aromatic N) is 4. The summed E-state index contributed by atoms with van der Waals surface area (Å²) in [4.78, 5) is 21.1. The van der Waals surface area contributed by atoms with Gasteiger partial charge in [0.15, 0.2) is 5.75 Å². The Morgan fingerprint density at radius 3 is 2.96 bits per heavy atom. The molecule has 2 heterocycles. The third kappa shape index (κ3) is 3.91. The Morgan fingerprint density at radius 2 is 2.17 bits per heavy atom. The average Bonchev–Trinajstić information content (AvgIpc) is 2.59. The number of fused-ring (bicyclic) bond motifs is 1. The van der Waals surface area contributed by atoms with E-state index in [2.05, 4.69) is 14.9 Å². The lowest BCUT2D eigenvalue weighted by Gasteiger charge is -2.26. The zero-order valence-electron chi connectivity index (χ0n) is 12.7. The summed E-state index contributed by atoms with van der Waals surface area (Å²) in [6.07, 6.45) is 3.77. The van der Waals surface area contributed by atoms with Gasteiger partial charge in [0.25, 0.3) is 0 Å². The number of hydrogen-bond acceptors (Lipinski definition) is 7. The Hall–Kier alpha value is -2.32. The maximum Gasteiger partial charge on any atom is 0.311 e. The van der Waals surface area contributed by atoms with Gasteiger partial charge < -0.3 is 9.47 Å². The third-order valence-electron chi connectivity index (χ3n) is 3.76. The van der Waals surface area contributed by atoms with Crippen LogP contribution >= 0.6 is 0 Å². The number of morpholine rings is 1. The molecule has 1 fully saturated rings. The van der Waals surface area contributed by atoms with Crippen LogP contribution in [0, 0.1) is 10.1 Å². The fourth-order valence-electron chi connectivity index (χ4n) is 2.55. The summed E-state index contributed by atoms with van der Waals surface area (Å²) in [5.41, 5.74) is 0.576. The van der Waals surface area contributed by atoms with Gasteiger partial charge in [-0.15, -0.1) is 0 Å². The van der Waals surface area contributed by atoms with Gasteiger partial charge in [0, 0.05) is 43.4 Å². The zero-order chi connectivity index (χ0) is 16.1. The molecule has 0 spiro atoms.